The molecule has 0 fully saturated rings. The van der Waals surface area contributed by atoms with Crippen LogP contribution in [-0.4, -0.2) is 6.54 Å². The van der Waals surface area contributed by atoms with E-state index in [2.05, 4.69) is 28.4 Å². The second-order valence-corrected chi connectivity index (χ2v) is 4.08. The molecule has 0 N–H and O–H groups in total. The molecule has 90 valence electrons. The Morgan fingerprint density at radius 1 is 1.00 bits per heavy atom. The molecular weight excluding hydrogens is 220 g/mol. The van der Waals surface area contributed by atoms with Gasteiger partial charge in [0, 0.05) is 0 Å². The molecule has 0 radical (unpaired) electrons. The number of nitrogens with zero attached hydrogens (tertiary/aromatic N) is 2. The molecule has 0 saturated carbocycles. The molecule has 0 aromatic heterocycles. The molecule has 0 spiro atoms. The van der Waals surface area contributed by atoms with Crippen molar-refractivity contribution in [2.24, 2.45) is 10.2 Å². The lowest BCUT2D eigenvalue weighted by Crippen LogP contribution is -1.73. The second kappa shape index (κ2) is 6.50. The summed E-state index contributed by atoms with van der Waals surface area (Å²) in [6, 6.07) is 18.2. The zero-order chi connectivity index (χ0) is 12.6. The highest BCUT2D eigenvalue weighted by Gasteiger charge is 1.88. The molecule has 0 aliphatic rings. The molecular formula is C16H16N2. The van der Waals surface area contributed by atoms with Crippen LogP contribution < -0.4 is 0 Å². The summed E-state index contributed by atoms with van der Waals surface area (Å²) in [5.74, 6) is 0. The number of hydrogen-bond acceptors (Lipinski definition) is 2. The smallest absolute Gasteiger partial charge is 0.0855 e. The molecule has 2 heteroatoms. The van der Waals surface area contributed by atoms with Gasteiger partial charge in [-0.2, -0.15) is 10.2 Å². The normalized spacial score (nSPS) is 11.4. The number of rotatable bonds is 4. The number of hydrogen-bond donors (Lipinski definition) is 0. The van der Waals surface area contributed by atoms with Crippen LogP contribution in [0.15, 0.2) is 70.9 Å². The van der Waals surface area contributed by atoms with E-state index in [1.165, 1.54) is 11.1 Å². The van der Waals surface area contributed by atoms with Crippen LogP contribution in [0.1, 0.15) is 11.1 Å². The quantitative estimate of drug-likeness (QED) is 0.682. The first-order valence-electron chi connectivity index (χ1n) is 6.00. The van der Waals surface area contributed by atoms with E-state index in [0.717, 1.165) is 5.69 Å². The minimum absolute atomic E-state index is 0.600. The Morgan fingerprint density at radius 2 is 1.83 bits per heavy atom. The topological polar surface area (TPSA) is 24.7 Å². The third kappa shape index (κ3) is 3.98. The zero-order valence-corrected chi connectivity index (χ0v) is 10.5. The summed E-state index contributed by atoms with van der Waals surface area (Å²) in [7, 11) is 0. The first kappa shape index (κ1) is 12.2. The van der Waals surface area contributed by atoms with Crippen LogP contribution in [0, 0.1) is 6.92 Å². The largest absolute Gasteiger partial charge is 0.184 e. The van der Waals surface area contributed by atoms with Gasteiger partial charge in [-0.3, -0.25) is 0 Å². The van der Waals surface area contributed by atoms with Crippen LogP contribution >= 0.6 is 0 Å². The lowest BCUT2D eigenvalue weighted by atomic mass is 10.2. The van der Waals surface area contributed by atoms with Gasteiger partial charge in [-0.05, 0) is 30.2 Å². The summed E-state index contributed by atoms with van der Waals surface area (Å²) >= 11 is 0. The fraction of sp³-hybridized carbons (Fsp3) is 0.125. The van der Waals surface area contributed by atoms with Crippen molar-refractivity contribution in [1.29, 1.82) is 0 Å². The van der Waals surface area contributed by atoms with E-state index in [4.69, 9.17) is 0 Å². The highest BCUT2D eigenvalue weighted by molar-refractivity contribution is 5.48. The van der Waals surface area contributed by atoms with Crippen molar-refractivity contribution in [2.45, 2.75) is 6.92 Å². The van der Waals surface area contributed by atoms with Crippen LogP contribution in [0.25, 0.3) is 6.08 Å². The SMILES string of the molecule is Cc1cccc(N=NCC=Cc2ccccc2)c1. The van der Waals surface area contributed by atoms with Crippen molar-refractivity contribution in [1.82, 2.24) is 0 Å². The molecule has 0 aliphatic heterocycles. The third-order valence-electron chi connectivity index (χ3n) is 2.48. The minimum Gasteiger partial charge on any atom is -0.184 e. The molecule has 0 saturated heterocycles. The third-order valence-corrected chi connectivity index (χ3v) is 2.48. The average molecular weight is 236 g/mol. The Balaban J connectivity index is 1.87. The average Bonchev–Trinajstić information content (AvgIpc) is 2.40. The predicted octanol–water partition coefficient (Wildman–Crippen LogP) is 4.79. The highest BCUT2D eigenvalue weighted by Crippen LogP contribution is 2.13. The standard InChI is InChI=1S/C16H16N2/c1-14-7-5-11-16(13-14)18-17-12-6-10-15-8-3-2-4-9-15/h2-11,13H,12H2,1H3. The van der Waals surface area contributed by atoms with Gasteiger partial charge in [0.25, 0.3) is 0 Å². The van der Waals surface area contributed by atoms with Crippen LogP contribution in [0.4, 0.5) is 5.69 Å². The molecule has 2 nitrogen and oxygen atoms in total. The first-order chi connectivity index (χ1) is 8.84. The maximum absolute atomic E-state index is 4.17. The lowest BCUT2D eigenvalue weighted by Gasteiger charge is -1.93. The van der Waals surface area contributed by atoms with Crippen molar-refractivity contribution < 1.29 is 0 Å². The van der Waals surface area contributed by atoms with Crippen LogP contribution in [-0.2, 0) is 0 Å². The minimum atomic E-state index is 0.600. The van der Waals surface area contributed by atoms with E-state index in [1.807, 2.05) is 55.5 Å². The monoisotopic (exact) mass is 236 g/mol. The van der Waals surface area contributed by atoms with E-state index in [0.29, 0.717) is 6.54 Å². The van der Waals surface area contributed by atoms with Crippen molar-refractivity contribution in [2.75, 3.05) is 6.54 Å². The Labute approximate surface area is 108 Å². The molecule has 2 rings (SSSR count). The molecule has 0 unspecified atom stereocenters. The maximum Gasteiger partial charge on any atom is 0.0855 e. The second-order valence-electron chi connectivity index (χ2n) is 4.08. The molecule has 18 heavy (non-hydrogen) atoms. The van der Waals surface area contributed by atoms with Crippen LogP contribution in [0.3, 0.4) is 0 Å². The van der Waals surface area contributed by atoms with Crippen LogP contribution in [0.5, 0.6) is 0 Å². The summed E-state index contributed by atoms with van der Waals surface area (Å²) in [6.45, 7) is 2.65. The Kier molecular flexibility index (Phi) is 4.42. The first-order valence-corrected chi connectivity index (χ1v) is 6.00. The molecule has 0 atom stereocenters. The van der Waals surface area contributed by atoms with E-state index in [9.17, 15) is 0 Å². The molecule has 2 aromatic carbocycles. The van der Waals surface area contributed by atoms with E-state index < -0.39 is 0 Å². The van der Waals surface area contributed by atoms with Gasteiger partial charge in [0.05, 0.1) is 12.2 Å². The summed E-state index contributed by atoms with van der Waals surface area (Å²) in [6.07, 6.45) is 4.06. The summed E-state index contributed by atoms with van der Waals surface area (Å²) in [5, 5.41) is 8.31. The van der Waals surface area contributed by atoms with E-state index >= 15 is 0 Å². The molecule has 0 aliphatic carbocycles. The molecule has 2 aromatic rings. The Morgan fingerprint density at radius 3 is 2.61 bits per heavy atom. The Bertz CT molecular complexity index is 542. The van der Waals surface area contributed by atoms with Crippen molar-refractivity contribution in [3.05, 3.63) is 71.8 Å². The zero-order valence-electron chi connectivity index (χ0n) is 10.5. The fourth-order valence-corrected chi connectivity index (χ4v) is 1.61. The molecule has 0 heterocycles. The Hall–Kier alpha value is -2.22. The number of aryl methyl sites for hydroxylation is 1. The molecule has 0 bridgehead atoms. The van der Waals surface area contributed by atoms with Gasteiger partial charge in [-0.1, -0.05) is 54.6 Å². The molecule has 0 amide bonds. The van der Waals surface area contributed by atoms with E-state index in [-0.39, 0.29) is 0 Å². The van der Waals surface area contributed by atoms with Gasteiger partial charge in [0.2, 0.25) is 0 Å². The van der Waals surface area contributed by atoms with E-state index in [1.54, 1.807) is 0 Å². The fourth-order valence-electron chi connectivity index (χ4n) is 1.61. The van der Waals surface area contributed by atoms with Crippen molar-refractivity contribution in [3.63, 3.8) is 0 Å². The highest BCUT2D eigenvalue weighted by atomic mass is 15.1. The van der Waals surface area contributed by atoms with Crippen LogP contribution in [0.2, 0.25) is 0 Å². The summed E-state index contributed by atoms with van der Waals surface area (Å²) < 4.78 is 0. The van der Waals surface area contributed by atoms with Gasteiger partial charge in [0.15, 0.2) is 0 Å². The summed E-state index contributed by atoms with van der Waals surface area (Å²) in [4.78, 5) is 0. The van der Waals surface area contributed by atoms with Crippen molar-refractivity contribution in [3.8, 4) is 0 Å². The van der Waals surface area contributed by atoms with Gasteiger partial charge >= 0.3 is 0 Å². The number of benzene rings is 2. The van der Waals surface area contributed by atoms with Gasteiger partial charge in [0.1, 0.15) is 0 Å². The van der Waals surface area contributed by atoms with Crippen molar-refractivity contribution >= 4 is 11.8 Å². The number of azo groups is 1. The van der Waals surface area contributed by atoms with Gasteiger partial charge in [-0.25, -0.2) is 0 Å². The lowest BCUT2D eigenvalue weighted by molar-refractivity contribution is 1.07. The van der Waals surface area contributed by atoms with Gasteiger partial charge in [-0.15, -0.1) is 0 Å². The maximum atomic E-state index is 4.17. The van der Waals surface area contributed by atoms with Gasteiger partial charge < -0.3 is 0 Å². The predicted molar refractivity (Wildman–Crippen MR) is 76.0 cm³/mol. The summed E-state index contributed by atoms with van der Waals surface area (Å²) in [5.41, 5.74) is 3.29.